The average molecular weight is 377 g/mol. The molecule has 1 aliphatic heterocycles. The summed E-state index contributed by atoms with van der Waals surface area (Å²) < 4.78 is 0. The quantitative estimate of drug-likeness (QED) is 0.788. The van der Waals surface area contributed by atoms with Crippen molar-refractivity contribution in [3.8, 4) is 0 Å². The smallest absolute Gasteiger partial charge is 0.254 e. The molecule has 0 aliphatic carbocycles. The van der Waals surface area contributed by atoms with Crippen LogP contribution in [0.2, 0.25) is 10.0 Å². The van der Waals surface area contributed by atoms with Crippen molar-refractivity contribution in [3.63, 3.8) is 0 Å². The zero-order valence-corrected chi connectivity index (χ0v) is 15.5. The van der Waals surface area contributed by atoms with E-state index in [2.05, 4.69) is 0 Å². The third-order valence-corrected chi connectivity index (χ3v) is 5.14. The van der Waals surface area contributed by atoms with E-state index in [1.807, 2.05) is 31.2 Å². The zero-order chi connectivity index (χ0) is 18.1. The molecule has 0 radical (unpaired) electrons. The second-order valence-corrected chi connectivity index (χ2v) is 6.95. The van der Waals surface area contributed by atoms with Crippen LogP contribution in [0.4, 0.5) is 5.69 Å². The lowest BCUT2D eigenvalue weighted by atomic mass is 10.1. The number of nitrogens with zero attached hydrogens (tertiary/aromatic N) is 2. The standard InChI is InChI=1S/C19H18Cl2N2O2/c1-12-4-3-5-15(10-12)23-9-8-22(13(2)18(23)24)19(25)14-6-7-16(20)17(21)11-14/h3-7,10-11,13H,8-9H2,1-2H3. The molecule has 1 heterocycles. The first-order chi connectivity index (χ1) is 11.9. The minimum Gasteiger partial charge on any atom is -0.325 e. The highest BCUT2D eigenvalue weighted by molar-refractivity contribution is 6.42. The van der Waals surface area contributed by atoms with Gasteiger partial charge in [0, 0.05) is 24.3 Å². The summed E-state index contributed by atoms with van der Waals surface area (Å²) in [6.45, 7) is 4.65. The molecule has 1 unspecified atom stereocenters. The van der Waals surface area contributed by atoms with Crippen LogP contribution < -0.4 is 4.90 Å². The molecule has 2 amide bonds. The summed E-state index contributed by atoms with van der Waals surface area (Å²) in [5, 5.41) is 0.719. The van der Waals surface area contributed by atoms with Gasteiger partial charge in [0.15, 0.2) is 0 Å². The Morgan fingerprint density at radius 2 is 1.84 bits per heavy atom. The monoisotopic (exact) mass is 376 g/mol. The third-order valence-electron chi connectivity index (χ3n) is 4.40. The normalized spacial score (nSPS) is 17.8. The van der Waals surface area contributed by atoms with Crippen molar-refractivity contribution in [3.05, 3.63) is 63.6 Å². The van der Waals surface area contributed by atoms with Crippen LogP contribution in [0.15, 0.2) is 42.5 Å². The molecule has 0 aromatic heterocycles. The van der Waals surface area contributed by atoms with Crippen molar-refractivity contribution < 1.29 is 9.59 Å². The van der Waals surface area contributed by atoms with Gasteiger partial charge >= 0.3 is 0 Å². The van der Waals surface area contributed by atoms with Gasteiger partial charge in [-0.25, -0.2) is 0 Å². The summed E-state index contributed by atoms with van der Waals surface area (Å²) in [6, 6.07) is 12.0. The highest BCUT2D eigenvalue weighted by Gasteiger charge is 2.35. The van der Waals surface area contributed by atoms with Gasteiger partial charge in [-0.1, -0.05) is 35.3 Å². The lowest BCUT2D eigenvalue weighted by Gasteiger charge is -2.39. The predicted octanol–water partition coefficient (Wildman–Crippen LogP) is 4.18. The maximum absolute atomic E-state index is 12.8. The SMILES string of the molecule is Cc1cccc(N2CCN(C(=O)c3ccc(Cl)c(Cl)c3)C(C)C2=O)c1. The second kappa shape index (κ2) is 7.06. The number of carbonyl (C=O) groups excluding carboxylic acids is 2. The Balaban J connectivity index is 1.81. The lowest BCUT2D eigenvalue weighted by Crippen LogP contribution is -2.57. The fourth-order valence-electron chi connectivity index (χ4n) is 3.00. The number of halogens is 2. The van der Waals surface area contributed by atoms with E-state index in [1.165, 1.54) is 6.07 Å². The number of rotatable bonds is 2. The number of carbonyl (C=O) groups is 2. The van der Waals surface area contributed by atoms with E-state index >= 15 is 0 Å². The highest BCUT2D eigenvalue weighted by atomic mass is 35.5. The van der Waals surface area contributed by atoms with Crippen LogP contribution in [0.25, 0.3) is 0 Å². The fourth-order valence-corrected chi connectivity index (χ4v) is 3.29. The van der Waals surface area contributed by atoms with E-state index in [9.17, 15) is 9.59 Å². The van der Waals surface area contributed by atoms with Crippen LogP contribution in [0.5, 0.6) is 0 Å². The minimum atomic E-state index is -0.545. The third kappa shape index (κ3) is 3.51. The maximum atomic E-state index is 12.8. The first-order valence-corrected chi connectivity index (χ1v) is 8.78. The molecule has 1 aliphatic rings. The van der Waals surface area contributed by atoms with Gasteiger partial charge in [-0.3, -0.25) is 9.59 Å². The molecule has 1 saturated heterocycles. The number of piperazine rings is 1. The first kappa shape index (κ1) is 17.8. The van der Waals surface area contributed by atoms with E-state index < -0.39 is 6.04 Å². The Morgan fingerprint density at radius 1 is 1.08 bits per heavy atom. The van der Waals surface area contributed by atoms with Gasteiger partial charge in [0.2, 0.25) is 5.91 Å². The molecular weight excluding hydrogens is 359 g/mol. The van der Waals surface area contributed by atoms with Gasteiger partial charge in [-0.05, 0) is 49.7 Å². The molecule has 130 valence electrons. The topological polar surface area (TPSA) is 40.6 Å². The molecule has 1 atom stereocenters. The van der Waals surface area contributed by atoms with E-state index in [-0.39, 0.29) is 11.8 Å². The van der Waals surface area contributed by atoms with E-state index in [0.717, 1.165) is 11.3 Å². The largest absolute Gasteiger partial charge is 0.325 e. The molecule has 1 fully saturated rings. The van der Waals surface area contributed by atoms with Crippen molar-refractivity contribution in [2.24, 2.45) is 0 Å². The number of aryl methyl sites for hydroxylation is 1. The minimum absolute atomic E-state index is 0.0924. The van der Waals surface area contributed by atoms with Crippen LogP contribution in [-0.2, 0) is 4.79 Å². The summed E-state index contributed by atoms with van der Waals surface area (Å²) >= 11 is 11.9. The van der Waals surface area contributed by atoms with Crippen molar-refractivity contribution in [1.82, 2.24) is 4.90 Å². The molecular formula is C19H18Cl2N2O2. The van der Waals surface area contributed by atoms with Crippen molar-refractivity contribution in [2.45, 2.75) is 19.9 Å². The molecule has 0 saturated carbocycles. The van der Waals surface area contributed by atoms with Gasteiger partial charge in [0.1, 0.15) is 6.04 Å². The van der Waals surface area contributed by atoms with Crippen molar-refractivity contribution in [2.75, 3.05) is 18.0 Å². The van der Waals surface area contributed by atoms with Crippen LogP contribution in [0, 0.1) is 6.92 Å². The van der Waals surface area contributed by atoms with Crippen molar-refractivity contribution >= 4 is 40.7 Å². The van der Waals surface area contributed by atoms with Gasteiger partial charge in [-0.2, -0.15) is 0 Å². The predicted molar refractivity (Wildman–Crippen MR) is 100 cm³/mol. The molecule has 6 heteroatoms. The lowest BCUT2D eigenvalue weighted by molar-refractivity contribution is -0.124. The molecule has 25 heavy (non-hydrogen) atoms. The first-order valence-electron chi connectivity index (χ1n) is 8.02. The molecule has 3 rings (SSSR count). The van der Waals surface area contributed by atoms with E-state index in [0.29, 0.717) is 28.7 Å². The average Bonchev–Trinajstić information content (AvgIpc) is 2.59. The molecule has 2 aromatic carbocycles. The number of benzene rings is 2. The Labute approximate surface area is 156 Å². The van der Waals surface area contributed by atoms with Crippen molar-refractivity contribution in [1.29, 1.82) is 0 Å². The maximum Gasteiger partial charge on any atom is 0.254 e. The van der Waals surface area contributed by atoms with Crippen LogP contribution >= 0.6 is 23.2 Å². The van der Waals surface area contributed by atoms with Gasteiger partial charge in [-0.15, -0.1) is 0 Å². The Bertz CT molecular complexity index is 838. The molecule has 2 aromatic rings. The number of hydrogen-bond acceptors (Lipinski definition) is 2. The Morgan fingerprint density at radius 3 is 2.52 bits per heavy atom. The summed E-state index contributed by atoms with van der Waals surface area (Å²) in [6.07, 6.45) is 0. The fraction of sp³-hybridized carbons (Fsp3) is 0.263. The number of hydrogen-bond donors (Lipinski definition) is 0. The summed E-state index contributed by atoms with van der Waals surface area (Å²) in [5.41, 5.74) is 2.38. The van der Waals surface area contributed by atoms with Gasteiger partial charge < -0.3 is 9.80 Å². The molecule has 4 nitrogen and oxygen atoms in total. The van der Waals surface area contributed by atoms with E-state index in [4.69, 9.17) is 23.2 Å². The number of anilines is 1. The van der Waals surface area contributed by atoms with Crippen LogP contribution in [0.3, 0.4) is 0 Å². The second-order valence-electron chi connectivity index (χ2n) is 6.13. The summed E-state index contributed by atoms with van der Waals surface area (Å²) in [4.78, 5) is 28.9. The summed E-state index contributed by atoms with van der Waals surface area (Å²) in [5.74, 6) is -0.312. The van der Waals surface area contributed by atoms with Crippen LogP contribution in [0.1, 0.15) is 22.8 Å². The zero-order valence-electron chi connectivity index (χ0n) is 14.0. The number of amides is 2. The summed E-state index contributed by atoms with van der Waals surface area (Å²) in [7, 11) is 0. The van der Waals surface area contributed by atoms with Crippen LogP contribution in [-0.4, -0.2) is 35.8 Å². The Kier molecular flexibility index (Phi) is 5.02. The molecule has 0 spiro atoms. The Hall–Kier alpha value is -2.04. The molecule has 0 bridgehead atoms. The molecule has 0 N–H and O–H groups in total. The van der Waals surface area contributed by atoms with Gasteiger partial charge in [0.05, 0.1) is 10.0 Å². The van der Waals surface area contributed by atoms with E-state index in [1.54, 1.807) is 28.9 Å². The highest BCUT2D eigenvalue weighted by Crippen LogP contribution is 2.26. The van der Waals surface area contributed by atoms with Gasteiger partial charge in [0.25, 0.3) is 5.91 Å².